The Morgan fingerprint density at radius 1 is 1.14 bits per heavy atom. The van der Waals surface area contributed by atoms with Gasteiger partial charge in [0.15, 0.2) is 5.82 Å². The zero-order valence-corrected chi connectivity index (χ0v) is 12.0. The number of para-hydroxylation sites is 1. The first kappa shape index (κ1) is 14.1. The van der Waals surface area contributed by atoms with E-state index in [4.69, 9.17) is 10.5 Å². The molecule has 22 heavy (non-hydrogen) atoms. The number of nitrogens with one attached hydrogen (secondary N) is 1. The van der Waals surface area contributed by atoms with Gasteiger partial charge in [-0.05, 0) is 29.8 Å². The number of methoxy groups -OCH3 is 1. The summed E-state index contributed by atoms with van der Waals surface area (Å²) in [5.41, 5.74) is 7.65. The van der Waals surface area contributed by atoms with Gasteiger partial charge in [0.05, 0.1) is 18.7 Å². The largest absolute Gasteiger partial charge is 0.507 e. The quantitative estimate of drug-likeness (QED) is 0.686. The van der Waals surface area contributed by atoms with E-state index < -0.39 is 6.04 Å². The summed E-state index contributed by atoms with van der Waals surface area (Å²) in [7, 11) is 1.62. The fraction of sp³-hybridized carbons (Fsp3) is 0.125. The van der Waals surface area contributed by atoms with Gasteiger partial charge in [-0.1, -0.05) is 24.3 Å². The van der Waals surface area contributed by atoms with Crippen LogP contribution < -0.4 is 10.5 Å². The number of ether oxygens (including phenoxy) is 1. The highest BCUT2D eigenvalue weighted by molar-refractivity contribution is 5.63. The summed E-state index contributed by atoms with van der Waals surface area (Å²) >= 11 is 0. The Hall–Kier alpha value is -2.86. The molecule has 2 aromatic carbocycles. The molecular weight excluding hydrogens is 280 g/mol. The maximum Gasteiger partial charge on any atom is 0.184 e. The average Bonchev–Trinajstić information content (AvgIpc) is 3.04. The smallest absolute Gasteiger partial charge is 0.184 e. The van der Waals surface area contributed by atoms with Gasteiger partial charge in [0.25, 0.3) is 0 Å². The summed E-state index contributed by atoms with van der Waals surface area (Å²) in [5.74, 6) is 1.84. The van der Waals surface area contributed by atoms with Crippen molar-refractivity contribution < 1.29 is 9.84 Å². The molecule has 1 atom stereocenters. The zero-order valence-electron chi connectivity index (χ0n) is 12.0. The molecule has 0 aliphatic heterocycles. The minimum absolute atomic E-state index is 0.131. The van der Waals surface area contributed by atoms with Crippen LogP contribution in [0.4, 0.5) is 0 Å². The number of aromatic hydroxyl groups is 1. The third-order valence-corrected chi connectivity index (χ3v) is 3.42. The van der Waals surface area contributed by atoms with Crippen LogP contribution in [0.2, 0.25) is 0 Å². The minimum atomic E-state index is -0.432. The van der Waals surface area contributed by atoms with E-state index in [0.717, 1.165) is 11.3 Å². The molecule has 4 N–H and O–H groups in total. The number of aromatic nitrogens is 3. The monoisotopic (exact) mass is 296 g/mol. The lowest BCUT2D eigenvalue weighted by Crippen LogP contribution is -2.13. The third-order valence-electron chi connectivity index (χ3n) is 3.42. The SMILES string of the molecule is COc1ccc([C@H](N)c2nc(-c3ccccc3O)n[nH]2)cc1. The standard InChI is InChI=1S/C16H16N4O2/c1-22-11-8-6-10(7-9-11)14(17)16-18-15(19-20-16)12-4-2-3-5-13(12)21/h2-9,14,21H,17H2,1H3,(H,18,19,20)/t14-/m0/s1. The number of phenolic OH excluding ortho intramolecular Hbond substituents is 1. The fourth-order valence-corrected chi connectivity index (χ4v) is 2.17. The Morgan fingerprint density at radius 2 is 1.86 bits per heavy atom. The van der Waals surface area contributed by atoms with Crippen LogP contribution in [0.3, 0.4) is 0 Å². The molecule has 0 spiro atoms. The van der Waals surface area contributed by atoms with E-state index in [2.05, 4.69) is 15.2 Å². The van der Waals surface area contributed by atoms with Crippen LogP contribution in [0.25, 0.3) is 11.4 Å². The van der Waals surface area contributed by atoms with Crippen molar-refractivity contribution in [2.75, 3.05) is 7.11 Å². The van der Waals surface area contributed by atoms with Gasteiger partial charge in [-0.3, -0.25) is 5.10 Å². The van der Waals surface area contributed by atoms with E-state index in [9.17, 15) is 5.11 Å². The molecule has 0 aliphatic carbocycles. The molecule has 0 saturated heterocycles. The van der Waals surface area contributed by atoms with Gasteiger partial charge in [0.2, 0.25) is 0 Å². The number of aromatic amines is 1. The van der Waals surface area contributed by atoms with E-state index in [1.165, 1.54) is 0 Å². The summed E-state index contributed by atoms with van der Waals surface area (Å²) in [4.78, 5) is 4.38. The van der Waals surface area contributed by atoms with Crippen molar-refractivity contribution in [2.24, 2.45) is 5.73 Å². The second-order valence-electron chi connectivity index (χ2n) is 4.81. The number of phenols is 1. The Balaban J connectivity index is 1.88. The van der Waals surface area contributed by atoms with Crippen molar-refractivity contribution in [1.29, 1.82) is 0 Å². The number of rotatable bonds is 4. The van der Waals surface area contributed by atoms with Crippen LogP contribution in [-0.2, 0) is 0 Å². The van der Waals surface area contributed by atoms with Crippen LogP contribution in [-0.4, -0.2) is 27.4 Å². The first-order valence-corrected chi connectivity index (χ1v) is 6.79. The van der Waals surface area contributed by atoms with Crippen LogP contribution in [0, 0.1) is 0 Å². The maximum atomic E-state index is 9.85. The second kappa shape index (κ2) is 5.87. The molecule has 0 bridgehead atoms. The molecule has 0 fully saturated rings. The Bertz CT molecular complexity index is 768. The Kier molecular flexibility index (Phi) is 3.76. The van der Waals surface area contributed by atoms with Gasteiger partial charge in [-0.15, -0.1) is 0 Å². The van der Waals surface area contributed by atoms with Gasteiger partial charge in [0, 0.05) is 0 Å². The normalized spacial score (nSPS) is 12.1. The van der Waals surface area contributed by atoms with E-state index in [1.54, 1.807) is 25.3 Å². The van der Waals surface area contributed by atoms with Crippen LogP contribution in [0.5, 0.6) is 11.5 Å². The topological polar surface area (TPSA) is 97.1 Å². The van der Waals surface area contributed by atoms with E-state index in [1.807, 2.05) is 30.3 Å². The number of nitrogens with two attached hydrogens (primary N) is 1. The van der Waals surface area contributed by atoms with Crippen LogP contribution in [0.15, 0.2) is 48.5 Å². The fourth-order valence-electron chi connectivity index (χ4n) is 2.17. The predicted octanol–water partition coefficient (Wildman–Crippen LogP) is 2.23. The average molecular weight is 296 g/mol. The van der Waals surface area contributed by atoms with Gasteiger partial charge in [-0.2, -0.15) is 5.10 Å². The molecule has 1 aromatic heterocycles. The summed E-state index contributed by atoms with van der Waals surface area (Å²) in [6, 6.07) is 13.9. The molecule has 3 aromatic rings. The molecule has 0 saturated carbocycles. The summed E-state index contributed by atoms with van der Waals surface area (Å²) < 4.78 is 5.13. The molecule has 3 rings (SSSR count). The highest BCUT2D eigenvalue weighted by Gasteiger charge is 2.16. The highest BCUT2D eigenvalue weighted by atomic mass is 16.5. The van der Waals surface area contributed by atoms with Gasteiger partial charge >= 0.3 is 0 Å². The summed E-state index contributed by atoms with van der Waals surface area (Å²) in [5, 5.41) is 16.8. The molecule has 0 radical (unpaired) electrons. The van der Waals surface area contributed by atoms with Crippen LogP contribution in [0.1, 0.15) is 17.4 Å². The molecule has 0 aliphatic rings. The first-order chi connectivity index (χ1) is 10.7. The first-order valence-electron chi connectivity index (χ1n) is 6.79. The zero-order chi connectivity index (χ0) is 15.5. The number of nitrogens with zero attached hydrogens (tertiary/aromatic N) is 2. The van der Waals surface area contributed by atoms with Crippen LogP contribution >= 0.6 is 0 Å². The predicted molar refractivity (Wildman–Crippen MR) is 82.5 cm³/mol. The van der Waals surface area contributed by atoms with Gasteiger partial charge < -0.3 is 15.6 Å². The number of hydrogen-bond acceptors (Lipinski definition) is 5. The molecule has 1 heterocycles. The molecule has 6 nitrogen and oxygen atoms in total. The van der Waals surface area contributed by atoms with E-state index >= 15 is 0 Å². The highest BCUT2D eigenvalue weighted by Crippen LogP contribution is 2.27. The molecule has 6 heteroatoms. The Labute approximate surface area is 127 Å². The molecule has 0 unspecified atom stereocenters. The lowest BCUT2D eigenvalue weighted by molar-refractivity contribution is 0.414. The van der Waals surface area contributed by atoms with Gasteiger partial charge in [0.1, 0.15) is 17.3 Å². The summed E-state index contributed by atoms with van der Waals surface area (Å²) in [6.45, 7) is 0. The maximum absolute atomic E-state index is 9.85. The van der Waals surface area contributed by atoms with Crippen molar-refractivity contribution in [1.82, 2.24) is 15.2 Å². The second-order valence-corrected chi connectivity index (χ2v) is 4.81. The molecular formula is C16H16N4O2. The van der Waals surface area contributed by atoms with Crippen molar-refractivity contribution in [2.45, 2.75) is 6.04 Å². The third kappa shape index (κ3) is 2.64. The van der Waals surface area contributed by atoms with E-state index in [0.29, 0.717) is 17.2 Å². The van der Waals surface area contributed by atoms with Crippen molar-refractivity contribution in [3.8, 4) is 22.9 Å². The van der Waals surface area contributed by atoms with E-state index in [-0.39, 0.29) is 5.75 Å². The lowest BCUT2D eigenvalue weighted by atomic mass is 10.1. The molecule has 0 amide bonds. The number of H-pyrrole nitrogens is 1. The molecule has 112 valence electrons. The van der Waals surface area contributed by atoms with Gasteiger partial charge in [-0.25, -0.2) is 4.98 Å². The van der Waals surface area contributed by atoms with Crippen molar-refractivity contribution in [3.05, 3.63) is 59.9 Å². The Morgan fingerprint density at radius 3 is 2.55 bits per heavy atom. The number of benzene rings is 2. The van der Waals surface area contributed by atoms with Crippen molar-refractivity contribution >= 4 is 0 Å². The minimum Gasteiger partial charge on any atom is -0.507 e. The summed E-state index contributed by atoms with van der Waals surface area (Å²) in [6.07, 6.45) is 0. The lowest BCUT2D eigenvalue weighted by Gasteiger charge is -2.09. The number of hydrogen-bond donors (Lipinski definition) is 3. The van der Waals surface area contributed by atoms with Crippen molar-refractivity contribution in [3.63, 3.8) is 0 Å².